The van der Waals surface area contributed by atoms with Crippen LogP contribution in [0.4, 0.5) is 0 Å². The van der Waals surface area contributed by atoms with Gasteiger partial charge in [-0.15, -0.1) is 11.8 Å². The Morgan fingerprint density at radius 3 is 2.83 bits per heavy atom. The lowest BCUT2D eigenvalue weighted by Crippen LogP contribution is -2.42. The highest BCUT2D eigenvalue weighted by Gasteiger charge is 2.19. The lowest BCUT2D eigenvalue weighted by molar-refractivity contribution is -0.404. The van der Waals surface area contributed by atoms with Crippen LogP contribution >= 0.6 is 11.8 Å². The fourth-order valence-electron chi connectivity index (χ4n) is 0.580. The third kappa shape index (κ3) is 2.68. The minimum Gasteiger partial charge on any atom is -0.327 e. The molecule has 0 amide bonds. The van der Waals surface area contributed by atoms with Gasteiger partial charge in [0.25, 0.3) is 6.20 Å². The van der Waals surface area contributed by atoms with Crippen LogP contribution in [0, 0.1) is 10.1 Å². The van der Waals surface area contributed by atoms with Gasteiger partial charge in [0.2, 0.25) is 6.41 Å². The first kappa shape index (κ1) is 9.30. The molecule has 0 radical (unpaired) electrons. The summed E-state index contributed by atoms with van der Waals surface area (Å²) in [6, 6.07) is 0. The van der Waals surface area contributed by atoms with Crippen molar-refractivity contribution in [2.45, 2.75) is 6.41 Å². The van der Waals surface area contributed by atoms with Crippen LogP contribution in [0.2, 0.25) is 0 Å². The highest BCUT2D eigenvalue weighted by atomic mass is 32.2. The van der Waals surface area contributed by atoms with Crippen LogP contribution in [0.15, 0.2) is 11.2 Å². The van der Waals surface area contributed by atoms with Gasteiger partial charge in [-0.25, -0.2) is 0 Å². The Morgan fingerprint density at radius 1 is 1.83 bits per heavy atom. The second kappa shape index (κ2) is 4.29. The van der Waals surface area contributed by atoms with E-state index in [9.17, 15) is 10.1 Å². The molecule has 12 heavy (non-hydrogen) atoms. The zero-order valence-electron chi connectivity index (χ0n) is 6.35. The third-order valence-corrected chi connectivity index (χ3v) is 1.80. The quantitative estimate of drug-likeness (QED) is 0.510. The largest absolute Gasteiger partial charge is 0.327 e. The van der Waals surface area contributed by atoms with Crippen molar-refractivity contribution < 1.29 is 14.4 Å². The maximum Gasteiger partial charge on any atom is 0.264 e. The summed E-state index contributed by atoms with van der Waals surface area (Å²) in [5.41, 5.74) is 0. The number of nitro groups is 1. The van der Waals surface area contributed by atoms with Crippen LogP contribution in [0.25, 0.3) is 0 Å². The van der Waals surface area contributed by atoms with E-state index in [1.807, 2.05) is 0 Å². The molecule has 1 rings (SSSR count). The average Bonchev–Trinajstić information content (AvgIpc) is 1.93. The van der Waals surface area contributed by atoms with Crippen LogP contribution in [-0.4, -0.2) is 24.4 Å². The Morgan fingerprint density at radius 2 is 2.50 bits per heavy atom. The molecule has 6 nitrogen and oxygen atoms in total. The van der Waals surface area contributed by atoms with Crippen molar-refractivity contribution in [1.82, 2.24) is 5.32 Å². The Balaban J connectivity index is 2.38. The van der Waals surface area contributed by atoms with E-state index < -0.39 is 11.3 Å². The highest BCUT2D eigenvalue weighted by Crippen LogP contribution is 2.12. The molecular weight excluding hydrogens is 184 g/mol. The Hall–Kier alpha value is -0.790. The van der Waals surface area contributed by atoms with Crippen molar-refractivity contribution in [3.8, 4) is 0 Å². The van der Waals surface area contributed by atoms with Gasteiger partial charge in [-0.3, -0.25) is 10.1 Å². The minimum absolute atomic E-state index is 0.234. The van der Waals surface area contributed by atoms with Gasteiger partial charge >= 0.3 is 0 Å². The second-order valence-electron chi connectivity index (χ2n) is 1.91. The number of nitrogens with zero attached hydrogens (tertiary/aromatic N) is 1. The molecule has 0 saturated carbocycles. The third-order valence-electron chi connectivity index (χ3n) is 1.14. The summed E-state index contributed by atoms with van der Waals surface area (Å²) in [4.78, 5) is 9.52. The van der Waals surface area contributed by atoms with Crippen LogP contribution in [0.5, 0.6) is 0 Å². The van der Waals surface area contributed by atoms with E-state index in [4.69, 9.17) is 9.47 Å². The first-order chi connectivity index (χ1) is 5.72. The molecule has 0 spiro atoms. The molecule has 1 heterocycles. The maximum absolute atomic E-state index is 10.1. The maximum atomic E-state index is 10.1. The average molecular weight is 192 g/mol. The Bertz CT molecular complexity index is 204. The summed E-state index contributed by atoms with van der Waals surface area (Å²) >= 11 is 1.22. The Kier molecular flexibility index (Phi) is 3.32. The molecule has 0 aromatic carbocycles. The number of rotatable bonds is 4. The monoisotopic (exact) mass is 192 g/mol. The normalized spacial score (nSPS) is 18.6. The van der Waals surface area contributed by atoms with Gasteiger partial charge < -0.3 is 14.8 Å². The second-order valence-corrected chi connectivity index (χ2v) is 2.76. The summed E-state index contributed by atoms with van der Waals surface area (Å²) in [5.74, 6) is 0. The molecule has 1 fully saturated rings. The molecule has 0 unspecified atom stereocenters. The molecule has 0 bridgehead atoms. The summed E-state index contributed by atoms with van der Waals surface area (Å²) in [6.07, 6.45) is 2.06. The van der Waals surface area contributed by atoms with Gasteiger partial charge in [0.1, 0.15) is 5.03 Å². The van der Waals surface area contributed by atoms with Gasteiger partial charge in [0, 0.05) is 0 Å². The van der Waals surface area contributed by atoms with E-state index in [1.165, 1.54) is 11.8 Å². The van der Waals surface area contributed by atoms with Gasteiger partial charge in [-0.1, -0.05) is 0 Å². The fourth-order valence-corrected chi connectivity index (χ4v) is 0.986. The van der Waals surface area contributed by atoms with E-state index in [2.05, 4.69) is 5.32 Å². The Labute approximate surface area is 73.1 Å². The summed E-state index contributed by atoms with van der Waals surface area (Å²) in [7, 11) is 0. The number of thioether (sulfide) groups is 1. The molecule has 0 aliphatic carbocycles. The lowest BCUT2D eigenvalue weighted by Gasteiger charge is -2.27. The number of hydrogen-bond acceptors (Lipinski definition) is 6. The molecule has 1 saturated heterocycles. The van der Waals surface area contributed by atoms with E-state index >= 15 is 0 Å². The van der Waals surface area contributed by atoms with Gasteiger partial charge in [0.05, 0.1) is 4.92 Å². The van der Waals surface area contributed by atoms with Crippen molar-refractivity contribution in [2.75, 3.05) is 13.0 Å². The zero-order chi connectivity index (χ0) is 8.97. The van der Waals surface area contributed by atoms with Gasteiger partial charge in [0.15, 0.2) is 6.79 Å². The van der Waals surface area contributed by atoms with E-state index in [0.29, 0.717) is 5.03 Å². The number of nitrogens with one attached hydrogen (secondary N) is 1. The minimum atomic E-state index is -0.538. The van der Waals surface area contributed by atoms with Gasteiger partial charge in [-0.05, 0) is 6.26 Å². The lowest BCUT2D eigenvalue weighted by atomic mass is 10.8. The van der Waals surface area contributed by atoms with E-state index in [-0.39, 0.29) is 6.79 Å². The molecule has 0 aromatic heterocycles. The molecule has 0 atom stereocenters. The van der Waals surface area contributed by atoms with Crippen molar-refractivity contribution in [1.29, 1.82) is 0 Å². The molecule has 0 aromatic rings. The molecule has 1 N–H and O–H groups in total. The van der Waals surface area contributed by atoms with Crippen molar-refractivity contribution in [3.05, 3.63) is 21.3 Å². The van der Waals surface area contributed by atoms with Crippen LogP contribution in [0.1, 0.15) is 0 Å². The first-order valence-electron chi connectivity index (χ1n) is 3.11. The smallest absolute Gasteiger partial charge is 0.264 e. The molecule has 68 valence electrons. The highest BCUT2D eigenvalue weighted by molar-refractivity contribution is 8.02. The fraction of sp³-hybridized carbons (Fsp3) is 0.600. The summed E-state index contributed by atoms with van der Waals surface area (Å²) in [5, 5.41) is 13.1. The molecule has 1 aliphatic rings. The van der Waals surface area contributed by atoms with Crippen LogP contribution < -0.4 is 5.32 Å². The SMILES string of the molecule is CS/C(=C\[N+](=O)[O-])NC1OCO1. The van der Waals surface area contributed by atoms with E-state index in [0.717, 1.165) is 6.20 Å². The molecule has 1 aliphatic heterocycles. The van der Waals surface area contributed by atoms with Crippen LogP contribution in [0.3, 0.4) is 0 Å². The van der Waals surface area contributed by atoms with Crippen molar-refractivity contribution in [3.63, 3.8) is 0 Å². The summed E-state index contributed by atoms with van der Waals surface area (Å²) in [6.45, 7) is 0.234. The van der Waals surface area contributed by atoms with Gasteiger partial charge in [-0.2, -0.15) is 0 Å². The first-order valence-corrected chi connectivity index (χ1v) is 4.34. The standard InChI is InChI=1S/C5H8N2O4S/c1-12-4(2-7(8)9)6-5-10-3-11-5/h2,5-6H,3H2,1H3/b4-2-. The van der Waals surface area contributed by atoms with Crippen molar-refractivity contribution in [2.24, 2.45) is 0 Å². The molecule has 7 heteroatoms. The predicted molar refractivity (Wildman–Crippen MR) is 42.6 cm³/mol. The molecular formula is C5H8N2O4S. The summed E-state index contributed by atoms with van der Waals surface area (Å²) < 4.78 is 9.67. The zero-order valence-corrected chi connectivity index (χ0v) is 7.17. The topological polar surface area (TPSA) is 73.6 Å². The van der Waals surface area contributed by atoms with Crippen LogP contribution in [-0.2, 0) is 9.47 Å². The predicted octanol–water partition coefficient (Wildman–Crippen LogP) is 0.302. The number of hydrogen-bond donors (Lipinski definition) is 1. The van der Waals surface area contributed by atoms with E-state index in [1.54, 1.807) is 6.26 Å². The number of ether oxygens (including phenoxy) is 2. The van der Waals surface area contributed by atoms with Crippen molar-refractivity contribution >= 4 is 11.8 Å².